The zero-order valence-electron chi connectivity index (χ0n) is 16.1. The second-order valence-corrected chi connectivity index (χ2v) is 8.44. The van der Waals surface area contributed by atoms with Crippen molar-refractivity contribution in [2.75, 3.05) is 25.5 Å². The molecule has 1 aliphatic carbocycles. The minimum absolute atomic E-state index is 0.0374. The molecule has 1 N–H and O–H groups in total. The van der Waals surface area contributed by atoms with Crippen LogP contribution in [0.4, 0.5) is 5.00 Å². The number of aromatic nitrogens is 1. The van der Waals surface area contributed by atoms with Crippen LogP contribution in [0.25, 0.3) is 0 Å². The van der Waals surface area contributed by atoms with Crippen LogP contribution in [0.3, 0.4) is 0 Å². The molecule has 148 valence electrons. The number of rotatable bonds is 4. The van der Waals surface area contributed by atoms with Gasteiger partial charge in [0.25, 0.3) is 11.8 Å². The third-order valence-corrected chi connectivity index (χ3v) is 6.81. The molecule has 1 aliphatic heterocycles. The van der Waals surface area contributed by atoms with Gasteiger partial charge in [-0.15, -0.1) is 11.3 Å². The van der Waals surface area contributed by atoms with Crippen LogP contribution in [0.2, 0.25) is 0 Å². The van der Waals surface area contributed by atoms with E-state index < -0.39 is 0 Å². The third kappa shape index (κ3) is 3.82. The second-order valence-electron chi connectivity index (χ2n) is 7.34. The number of thiophene rings is 1. The Labute approximate surface area is 168 Å². The Morgan fingerprint density at radius 3 is 2.75 bits per heavy atom. The van der Waals surface area contributed by atoms with Crippen molar-refractivity contribution in [2.24, 2.45) is 0 Å². The summed E-state index contributed by atoms with van der Waals surface area (Å²) in [5.41, 5.74) is 2.33. The van der Waals surface area contributed by atoms with Crippen molar-refractivity contribution < 1.29 is 14.3 Å². The van der Waals surface area contributed by atoms with Gasteiger partial charge in [-0.1, -0.05) is 0 Å². The summed E-state index contributed by atoms with van der Waals surface area (Å²) in [6.45, 7) is 1.38. The lowest BCUT2D eigenvalue weighted by atomic mass is 9.94. The van der Waals surface area contributed by atoms with Crippen molar-refractivity contribution in [3.8, 4) is 0 Å². The van der Waals surface area contributed by atoms with Gasteiger partial charge >= 0.3 is 0 Å². The molecule has 0 bridgehead atoms. The van der Waals surface area contributed by atoms with Crippen LogP contribution in [0.5, 0.6) is 0 Å². The predicted molar refractivity (Wildman–Crippen MR) is 109 cm³/mol. The van der Waals surface area contributed by atoms with Crippen LogP contribution in [-0.4, -0.2) is 48.0 Å². The van der Waals surface area contributed by atoms with E-state index in [9.17, 15) is 9.59 Å². The molecular weight excluding hydrogens is 374 g/mol. The molecule has 1 fully saturated rings. The van der Waals surface area contributed by atoms with E-state index >= 15 is 0 Å². The maximum atomic E-state index is 13.4. The van der Waals surface area contributed by atoms with Gasteiger partial charge < -0.3 is 15.0 Å². The van der Waals surface area contributed by atoms with E-state index in [-0.39, 0.29) is 17.9 Å². The lowest BCUT2D eigenvalue weighted by Crippen LogP contribution is -2.41. The normalized spacial score (nSPS) is 17.2. The van der Waals surface area contributed by atoms with Gasteiger partial charge in [0.2, 0.25) is 0 Å². The summed E-state index contributed by atoms with van der Waals surface area (Å²) in [6.07, 6.45) is 9.23. The lowest BCUT2D eigenvalue weighted by molar-refractivity contribution is 0.0351. The molecular formula is C21H25N3O3S. The van der Waals surface area contributed by atoms with Gasteiger partial charge in [0.15, 0.2) is 0 Å². The van der Waals surface area contributed by atoms with E-state index in [0.717, 1.165) is 44.1 Å². The van der Waals surface area contributed by atoms with Crippen LogP contribution >= 0.6 is 11.3 Å². The van der Waals surface area contributed by atoms with E-state index in [2.05, 4.69) is 10.3 Å². The number of pyridine rings is 1. The van der Waals surface area contributed by atoms with E-state index in [1.807, 2.05) is 4.90 Å². The van der Waals surface area contributed by atoms with Gasteiger partial charge in [-0.25, -0.2) is 0 Å². The maximum absolute atomic E-state index is 13.4. The largest absolute Gasteiger partial charge is 0.381 e. The summed E-state index contributed by atoms with van der Waals surface area (Å²) in [5, 5.41) is 3.67. The number of anilines is 1. The molecule has 0 saturated carbocycles. The summed E-state index contributed by atoms with van der Waals surface area (Å²) in [5.74, 6) is -0.186. The lowest BCUT2D eigenvalue weighted by Gasteiger charge is -2.31. The Kier molecular flexibility index (Phi) is 5.73. The Hall–Kier alpha value is -2.25. The molecule has 2 aromatic heterocycles. The molecule has 2 aromatic rings. The first-order valence-electron chi connectivity index (χ1n) is 9.85. The summed E-state index contributed by atoms with van der Waals surface area (Å²) in [6, 6.07) is 3.47. The van der Waals surface area contributed by atoms with E-state index in [4.69, 9.17) is 4.74 Å². The van der Waals surface area contributed by atoms with Crippen molar-refractivity contribution >= 4 is 28.2 Å². The molecule has 0 spiro atoms. The number of piperidine rings is 1. The number of nitrogens with one attached hydrogen (secondary N) is 1. The molecule has 1 saturated heterocycles. The number of likely N-dealkylation sites (tertiary alicyclic amines) is 1. The molecule has 0 unspecified atom stereocenters. The molecule has 0 radical (unpaired) electrons. The van der Waals surface area contributed by atoms with Crippen molar-refractivity contribution in [3.63, 3.8) is 0 Å². The number of hydrogen-bond donors (Lipinski definition) is 1. The van der Waals surface area contributed by atoms with Crippen molar-refractivity contribution in [1.82, 2.24) is 9.88 Å². The van der Waals surface area contributed by atoms with Crippen LogP contribution in [-0.2, 0) is 17.6 Å². The first-order valence-corrected chi connectivity index (χ1v) is 10.7. The van der Waals surface area contributed by atoms with E-state index in [1.165, 1.54) is 4.88 Å². The monoisotopic (exact) mass is 399 g/mol. The molecule has 7 heteroatoms. The topological polar surface area (TPSA) is 71.5 Å². The minimum Gasteiger partial charge on any atom is -0.381 e. The first kappa shape index (κ1) is 19.1. The number of nitrogens with zero attached hydrogens (tertiary/aromatic N) is 2. The molecule has 4 rings (SSSR count). The van der Waals surface area contributed by atoms with Gasteiger partial charge in [-0.05, 0) is 56.2 Å². The van der Waals surface area contributed by atoms with Gasteiger partial charge in [0, 0.05) is 37.5 Å². The van der Waals surface area contributed by atoms with Crippen LogP contribution in [0, 0.1) is 0 Å². The summed E-state index contributed by atoms with van der Waals surface area (Å²) >= 11 is 1.56. The highest BCUT2D eigenvalue weighted by molar-refractivity contribution is 7.17. The molecule has 2 amide bonds. The molecule has 0 aromatic carbocycles. The summed E-state index contributed by atoms with van der Waals surface area (Å²) in [7, 11) is 1.73. The highest BCUT2D eigenvalue weighted by Crippen LogP contribution is 2.39. The highest BCUT2D eigenvalue weighted by atomic mass is 32.1. The van der Waals surface area contributed by atoms with Crippen molar-refractivity contribution in [2.45, 2.75) is 44.6 Å². The van der Waals surface area contributed by atoms with Crippen LogP contribution in [0.15, 0.2) is 24.5 Å². The molecule has 3 heterocycles. The van der Waals surface area contributed by atoms with Gasteiger partial charge in [0.05, 0.1) is 17.2 Å². The Morgan fingerprint density at radius 1 is 1.25 bits per heavy atom. The molecule has 0 atom stereocenters. The summed E-state index contributed by atoms with van der Waals surface area (Å²) < 4.78 is 5.43. The van der Waals surface area contributed by atoms with Crippen molar-refractivity contribution in [1.29, 1.82) is 0 Å². The third-order valence-electron chi connectivity index (χ3n) is 5.60. The Balaban J connectivity index is 1.61. The average molecular weight is 400 g/mol. The highest BCUT2D eigenvalue weighted by Gasteiger charge is 2.31. The fraction of sp³-hybridized carbons (Fsp3) is 0.476. The Morgan fingerprint density at radius 2 is 2.04 bits per heavy atom. The number of hydrogen-bond acceptors (Lipinski definition) is 5. The smallest absolute Gasteiger partial charge is 0.257 e. The fourth-order valence-corrected chi connectivity index (χ4v) is 5.28. The van der Waals surface area contributed by atoms with Gasteiger partial charge in [-0.3, -0.25) is 14.6 Å². The van der Waals surface area contributed by atoms with E-state index in [1.54, 1.807) is 43.0 Å². The SMILES string of the molecule is COC1CCN(C(=O)c2c(NC(=O)c3cccnc3)sc3c2CCCC3)CC1. The number of aryl methyl sites for hydroxylation is 1. The quantitative estimate of drug-likeness (QED) is 0.854. The standard InChI is InChI=1S/C21H25N3O3S/c1-27-15-8-11-24(12-9-15)21(26)18-16-6-2-3-7-17(16)28-20(18)23-19(25)14-5-4-10-22-13-14/h4-5,10,13,15H,2-3,6-9,11-12H2,1H3,(H,23,25). The zero-order chi connectivity index (χ0) is 19.5. The number of ether oxygens (including phenoxy) is 1. The number of carbonyl (C=O) groups excluding carboxylic acids is 2. The first-order chi connectivity index (χ1) is 13.7. The fourth-order valence-electron chi connectivity index (χ4n) is 4.01. The zero-order valence-corrected chi connectivity index (χ0v) is 16.9. The van der Waals surface area contributed by atoms with E-state index in [0.29, 0.717) is 29.2 Å². The average Bonchev–Trinajstić information content (AvgIpc) is 3.11. The maximum Gasteiger partial charge on any atom is 0.257 e. The van der Waals surface area contributed by atoms with Gasteiger partial charge in [0.1, 0.15) is 5.00 Å². The number of fused-ring (bicyclic) bond motifs is 1. The molecule has 6 nitrogen and oxygen atoms in total. The predicted octanol–water partition coefficient (Wildman–Crippen LogP) is 3.53. The summed E-state index contributed by atoms with van der Waals surface area (Å²) in [4.78, 5) is 33.2. The van der Waals surface area contributed by atoms with Crippen molar-refractivity contribution in [3.05, 3.63) is 46.1 Å². The Bertz CT molecular complexity index is 857. The van der Waals surface area contributed by atoms with Crippen LogP contribution < -0.4 is 5.32 Å². The number of methoxy groups -OCH3 is 1. The van der Waals surface area contributed by atoms with Crippen LogP contribution in [0.1, 0.15) is 56.8 Å². The number of carbonyl (C=O) groups is 2. The minimum atomic E-state index is -0.223. The second kappa shape index (κ2) is 8.41. The van der Waals surface area contributed by atoms with Gasteiger partial charge in [-0.2, -0.15) is 0 Å². The molecule has 28 heavy (non-hydrogen) atoms. The molecule has 2 aliphatic rings. The number of amides is 2.